The van der Waals surface area contributed by atoms with Crippen LogP contribution in [0, 0.1) is 0 Å². The number of hydrogen-bond acceptors (Lipinski definition) is 8. The molecule has 0 aliphatic carbocycles. The van der Waals surface area contributed by atoms with Crippen LogP contribution in [0.4, 0.5) is 5.82 Å². The molecule has 3 N–H and O–H groups in total. The number of nitrogens with zero attached hydrogens (tertiary/aromatic N) is 3. The number of rotatable bonds is 11. The predicted molar refractivity (Wildman–Crippen MR) is 153 cm³/mol. The van der Waals surface area contributed by atoms with Crippen LogP contribution in [-0.2, 0) is 38.8 Å². The highest BCUT2D eigenvalue weighted by Crippen LogP contribution is 2.36. The summed E-state index contributed by atoms with van der Waals surface area (Å²) in [5, 5.41) is 0. The van der Waals surface area contributed by atoms with Gasteiger partial charge in [-0.2, -0.15) is 4.98 Å². The van der Waals surface area contributed by atoms with Crippen LogP contribution >= 0.6 is 0 Å². The smallest absolute Gasteiger partial charge is 0.353 e. The van der Waals surface area contributed by atoms with Gasteiger partial charge in [0.2, 0.25) is 0 Å². The van der Waals surface area contributed by atoms with E-state index in [1.807, 2.05) is 91.0 Å². The minimum atomic E-state index is -0.892. The SMILES string of the molecule is Nc1nc(=O)n([C@@H]2OC(COCc3ccccc3)[C@@H](OCc3ccccc3)[C@H]2OCc2ccccc2)c2nc[nH]c12. The van der Waals surface area contributed by atoms with Gasteiger partial charge in [0.05, 0.1) is 32.8 Å². The number of imidazole rings is 1. The van der Waals surface area contributed by atoms with Crippen LogP contribution in [0.3, 0.4) is 0 Å². The molecular weight excluding hydrogens is 522 g/mol. The Balaban J connectivity index is 1.33. The van der Waals surface area contributed by atoms with E-state index in [-0.39, 0.29) is 19.0 Å². The quantitative estimate of drug-likeness (QED) is 0.252. The first-order valence-corrected chi connectivity index (χ1v) is 13.5. The summed E-state index contributed by atoms with van der Waals surface area (Å²) in [5.41, 5.74) is 9.21. The van der Waals surface area contributed by atoms with Crippen LogP contribution in [0.5, 0.6) is 0 Å². The first kappa shape index (κ1) is 26.9. The van der Waals surface area contributed by atoms with Crippen LogP contribution in [0.15, 0.2) is 102 Å². The van der Waals surface area contributed by atoms with Gasteiger partial charge in [0.25, 0.3) is 0 Å². The number of benzene rings is 3. The number of H-pyrrole nitrogens is 1. The lowest BCUT2D eigenvalue weighted by molar-refractivity contribution is -0.0917. The van der Waals surface area contributed by atoms with Crippen molar-refractivity contribution in [3.8, 4) is 0 Å². The van der Waals surface area contributed by atoms with E-state index in [1.165, 1.54) is 10.9 Å². The van der Waals surface area contributed by atoms with E-state index in [9.17, 15) is 4.79 Å². The zero-order chi connectivity index (χ0) is 28.0. The van der Waals surface area contributed by atoms with Crippen LogP contribution in [0.2, 0.25) is 0 Å². The standard InChI is InChI=1S/C31H31N5O5/c32-28-25-29(34-20-33-25)36(31(37)35-28)30-27(40-18-23-14-8-3-9-15-23)26(39-17-22-12-6-2-7-13-22)24(41-30)19-38-16-21-10-4-1-5-11-21/h1-15,20,24,26-27,30H,16-19H2,(H,33,34)(H2,32,35,37)/t24?,26-,27-,30-/m1/s1. The van der Waals surface area contributed by atoms with E-state index in [0.29, 0.717) is 24.4 Å². The van der Waals surface area contributed by atoms with Crippen LogP contribution in [0.25, 0.3) is 11.2 Å². The van der Waals surface area contributed by atoms with Gasteiger partial charge in [-0.3, -0.25) is 0 Å². The fourth-order valence-electron chi connectivity index (χ4n) is 5.02. The predicted octanol–water partition coefficient (Wildman–Crippen LogP) is 3.99. The molecule has 0 saturated carbocycles. The maximum absolute atomic E-state index is 13.3. The summed E-state index contributed by atoms with van der Waals surface area (Å²) < 4.78 is 27.0. The molecule has 1 aliphatic heterocycles. The lowest BCUT2D eigenvalue weighted by Gasteiger charge is -2.25. The van der Waals surface area contributed by atoms with Gasteiger partial charge in [0, 0.05) is 0 Å². The second kappa shape index (κ2) is 12.4. The van der Waals surface area contributed by atoms with E-state index >= 15 is 0 Å². The number of aromatic amines is 1. The molecule has 10 nitrogen and oxygen atoms in total. The molecule has 0 bridgehead atoms. The molecule has 210 valence electrons. The number of nitrogens with one attached hydrogen (secondary N) is 1. The summed E-state index contributed by atoms with van der Waals surface area (Å²) in [6.45, 7) is 1.24. The van der Waals surface area contributed by atoms with Crippen molar-refractivity contribution < 1.29 is 18.9 Å². The van der Waals surface area contributed by atoms with Crippen molar-refractivity contribution in [2.45, 2.75) is 44.4 Å². The van der Waals surface area contributed by atoms with Gasteiger partial charge in [0.1, 0.15) is 23.8 Å². The van der Waals surface area contributed by atoms with Crippen molar-refractivity contribution >= 4 is 17.0 Å². The molecule has 1 unspecified atom stereocenters. The molecular formula is C31H31N5O5. The van der Waals surface area contributed by atoms with E-state index < -0.39 is 30.2 Å². The number of fused-ring (bicyclic) bond motifs is 1. The molecule has 3 heterocycles. The molecule has 3 aromatic carbocycles. The van der Waals surface area contributed by atoms with Gasteiger partial charge in [0.15, 0.2) is 17.7 Å². The Morgan fingerprint density at radius 1 is 0.805 bits per heavy atom. The average molecular weight is 554 g/mol. The minimum absolute atomic E-state index is 0.0677. The molecule has 6 rings (SSSR count). The maximum Gasteiger partial charge on any atom is 0.353 e. The van der Waals surface area contributed by atoms with Crippen molar-refractivity contribution in [3.05, 3.63) is 124 Å². The first-order chi connectivity index (χ1) is 20.2. The molecule has 1 aliphatic rings. The van der Waals surface area contributed by atoms with Crippen molar-refractivity contribution in [1.82, 2.24) is 19.5 Å². The number of nitrogen functional groups attached to an aromatic ring is 1. The van der Waals surface area contributed by atoms with Gasteiger partial charge in [-0.25, -0.2) is 14.3 Å². The highest BCUT2D eigenvalue weighted by molar-refractivity contribution is 5.81. The molecule has 1 saturated heterocycles. The monoisotopic (exact) mass is 553 g/mol. The minimum Gasteiger partial charge on any atom is -0.382 e. The second-order valence-corrected chi connectivity index (χ2v) is 9.84. The Labute approximate surface area is 236 Å². The van der Waals surface area contributed by atoms with E-state index in [4.69, 9.17) is 24.7 Å². The third-order valence-corrected chi connectivity index (χ3v) is 7.03. The van der Waals surface area contributed by atoms with Crippen molar-refractivity contribution in [1.29, 1.82) is 0 Å². The summed E-state index contributed by atoms with van der Waals surface area (Å²) in [6, 6.07) is 29.6. The van der Waals surface area contributed by atoms with Crippen molar-refractivity contribution in [3.63, 3.8) is 0 Å². The number of ether oxygens (including phenoxy) is 4. The second-order valence-electron chi connectivity index (χ2n) is 9.84. The van der Waals surface area contributed by atoms with Crippen molar-refractivity contribution in [2.75, 3.05) is 12.3 Å². The Hall–Kier alpha value is -4.35. The number of anilines is 1. The van der Waals surface area contributed by atoms with E-state index in [1.54, 1.807) is 0 Å². The highest BCUT2D eigenvalue weighted by atomic mass is 16.6. The summed E-state index contributed by atoms with van der Waals surface area (Å²) >= 11 is 0. The van der Waals surface area contributed by atoms with Gasteiger partial charge < -0.3 is 29.7 Å². The van der Waals surface area contributed by atoms with Gasteiger partial charge in [-0.1, -0.05) is 91.0 Å². The van der Waals surface area contributed by atoms with Crippen LogP contribution in [0.1, 0.15) is 22.9 Å². The fourth-order valence-corrected chi connectivity index (χ4v) is 5.02. The molecule has 10 heteroatoms. The summed E-state index contributed by atoms with van der Waals surface area (Å²) in [4.78, 5) is 24.6. The molecule has 1 fully saturated rings. The number of aromatic nitrogens is 4. The average Bonchev–Trinajstić information content (AvgIpc) is 3.62. The Morgan fingerprint density at radius 3 is 1.98 bits per heavy atom. The Bertz CT molecular complexity index is 1610. The molecule has 2 aromatic heterocycles. The summed E-state index contributed by atoms with van der Waals surface area (Å²) in [7, 11) is 0. The molecule has 5 aromatic rings. The van der Waals surface area contributed by atoms with Crippen molar-refractivity contribution in [2.24, 2.45) is 0 Å². The van der Waals surface area contributed by atoms with E-state index in [2.05, 4.69) is 15.0 Å². The van der Waals surface area contributed by atoms with Crippen LogP contribution < -0.4 is 11.4 Å². The molecule has 4 atom stereocenters. The van der Waals surface area contributed by atoms with Gasteiger partial charge >= 0.3 is 5.69 Å². The fraction of sp³-hybridized carbons (Fsp3) is 0.258. The largest absolute Gasteiger partial charge is 0.382 e. The third kappa shape index (κ3) is 6.06. The summed E-state index contributed by atoms with van der Waals surface area (Å²) in [6.07, 6.45) is -1.23. The van der Waals surface area contributed by atoms with E-state index in [0.717, 1.165) is 16.7 Å². The molecule has 0 amide bonds. The third-order valence-electron chi connectivity index (χ3n) is 7.03. The van der Waals surface area contributed by atoms with Gasteiger partial charge in [-0.15, -0.1) is 0 Å². The van der Waals surface area contributed by atoms with Gasteiger partial charge in [-0.05, 0) is 16.7 Å². The molecule has 0 radical (unpaired) electrons. The normalized spacial score (nSPS) is 20.5. The first-order valence-electron chi connectivity index (χ1n) is 13.5. The summed E-state index contributed by atoms with van der Waals surface area (Å²) in [5.74, 6) is 0.0677. The highest BCUT2D eigenvalue weighted by Gasteiger charge is 2.48. The topological polar surface area (TPSA) is 127 Å². The maximum atomic E-state index is 13.3. The zero-order valence-electron chi connectivity index (χ0n) is 22.3. The number of hydrogen-bond donors (Lipinski definition) is 2. The zero-order valence-corrected chi connectivity index (χ0v) is 22.3. The molecule has 41 heavy (non-hydrogen) atoms. The van der Waals surface area contributed by atoms with Crippen LogP contribution in [-0.4, -0.2) is 44.4 Å². The lowest BCUT2D eigenvalue weighted by atomic mass is 10.1. The number of nitrogens with two attached hydrogens (primary N) is 1. The lowest BCUT2D eigenvalue weighted by Crippen LogP contribution is -2.40. The molecule has 0 spiro atoms. The Morgan fingerprint density at radius 2 is 1.37 bits per heavy atom. The Kier molecular flexibility index (Phi) is 8.15.